The predicted octanol–water partition coefficient (Wildman–Crippen LogP) is 1.52. The highest BCUT2D eigenvalue weighted by Gasteiger charge is 2.22. The lowest BCUT2D eigenvalue weighted by Crippen LogP contribution is -2.33. The quantitative estimate of drug-likeness (QED) is 0.825. The molecule has 0 aliphatic carbocycles. The van der Waals surface area contributed by atoms with Crippen molar-refractivity contribution in [2.24, 2.45) is 0 Å². The van der Waals surface area contributed by atoms with Gasteiger partial charge in [-0.25, -0.2) is 4.68 Å². The second-order valence-corrected chi connectivity index (χ2v) is 5.16. The smallest absolute Gasteiger partial charge is 0.305 e. The first-order valence-electron chi connectivity index (χ1n) is 7.55. The van der Waals surface area contributed by atoms with Crippen molar-refractivity contribution in [1.29, 1.82) is 0 Å². The van der Waals surface area contributed by atoms with Gasteiger partial charge in [-0.15, -0.1) is 5.10 Å². The molecule has 1 amide bonds. The zero-order valence-electron chi connectivity index (χ0n) is 13.9. The van der Waals surface area contributed by atoms with Gasteiger partial charge in [0.1, 0.15) is 5.75 Å². The van der Waals surface area contributed by atoms with E-state index in [0.717, 1.165) is 11.4 Å². The van der Waals surface area contributed by atoms with Crippen molar-refractivity contribution < 1.29 is 19.4 Å². The molecule has 8 nitrogen and oxygen atoms in total. The van der Waals surface area contributed by atoms with E-state index in [0.29, 0.717) is 12.2 Å². The van der Waals surface area contributed by atoms with Crippen molar-refractivity contribution in [2.45, 2.75) is 20.3 Å². The lowest BCUT2D eigenvalue weighted by atomic mass is 10.2. The first-order chi connectivity index (χ1) is 11.5. The minimum absolute atomic E-state index is 0.106. The predicted molar refractivity (Wildman–Crippen MR) is 86.5 cm³/mol. The van der Waals surface area contributed by atoms with Crippen molar-refractivity contribution in [1.82, 2.24) is 19.9 Å². The Morgan fingerprint density at radius 2 is 1.96 bits per heavy atom. The highest BCUT2D eigenvalue weighted by molar-refractivity contribution is 5.93. The fourth-order valence-electron chi connectivity index (χ4n) is 2.28. The molecule has 0 saturated heterocycles. The molecule has 0 fully saturated rings. The van der Waals surface area contributed by atoms with Gasteiger partial charge in [0.2, 0.25) is 0 Å². The fraction of sp³-hybridized carbons (Fsp3) is 0.375. The van der Waals surface area contributed by atoms with E-state index in [1.165, 1.54) is 4.90 Å². The summed E-state index contributed by atoms with van der Waals surface area (Å²) >= 11 is 0. The molecule has 0 bridgehead atoms. The lowest BCUT2D eigenvalue weighted by Gasteiger charge is -2.18. The summed E-state index contributed by atoms with van der Waals surface area (Å²) in [4.78, 5) is 24.7. The Morgan fingerprint density at radius 1 is 1.29 bits per heavy atom. The summed E-state index contributed by atoms with van der Waals surface area (Å²) in [5.74, 6) is -0.547. The molecular formula is C16H20N4O4. The second kappa shape index (κ2) is 7.58. The number of carboxylic acid groups (broad SMARTS) is 1. The van der Waals surface area contributed by atoms with Crippen LogP contribution in [0.4, 0.5) is 0 Å². The molecule has 1 aromatic carbocycles. The molecule has 0 unspecified atom stereocenters. The van der Waals surface area contributed by atoms with Crippen LogP contribution in [0.5, 0.6) is 5.75 Å². The van der Waals surface area contributed by atoms with Gasteiger partial charge < -0.3 is 14.7 Å². The van der Waals surface area contributed by atoms with E-state index in [4.69, 9.17) is 9.84 Å². The van der Waals surface area contributed by atoms with Crippen LogP contribution in [0.3, 0.4) is 0 Å². The van der Waals surface area contributed by atoms with Crippen LogP contribution < -0.4 is 4.74 Å². The van der Waals surface area contributed by atoms with E-state index in [1.54, 1.807) is 37.8 Å². The van der Waals surface area contributed by atoms with Gasteiger partial charge in [0.15, 0.2) is 5.69 Å². The molecule has 1 N–H and O–H groups in total. The molecule has 8 heteroatoms. The number of hydrogen-bond donors (Lipinski definition) is 1. The van der Waals surface area contributed by atoms with Gasteiger partial charge in [-0.2, -0.15) is 0 Å². The number of rotatable bonds is 7. The highest BCUT2D eigenvalue weighted by atomic mass is 16.5. The minimum Gasteiger partial charge on any atom is -0.497 e. The third-order valence-electron chi connectivity index (χ3n) is 3.68. The molecular weight excluding hydrogens is 312 g/mol. The highest BCUT2D eigenvalue weighted by Crippen LogP contribution is 2.17. The number of amides is 1. The summed E-state index contributed by atoms with van der Waals surface area (Å²) in [6.07, 6.45) is -0.106. The summed E-state index contributed by atoms with van der Waals surface area (Å²) in [5, 5.41) is 16.8. The van der Waals surface area contributed by atoms with Crippen LogP contribution in [0, 0.1) is 6.92 Å². The Hall–Kier alpha value is -2.90. The van der Waals surface area contributed by atoms with Crippen molar-refractivity contribution in [3.63, 3.8) is 0 Å². The molecule has 0 radical (unpaired) electrons. The van der Waals surface area contributed by atoms with Gasteiger partial charge in [-0.05, 0) is 38.1 Å². The molecule has 0 saturated carbocycles. The number of nitrogens with zero attached hydrogens (tertiary/aromatic N) is 4. The van der Waals surface area contributed by atoms with E-state index < -0.39 is 5.97 Å². The number of carbonyl (C=O) groups excluding carboxylic acids is 1. The maximum atomic E-state index is 12.6. The first kappa shape index (κ1) is 17.5. The van der Waals surface area contributed by atoms with Crippen LogP contribution in [0.15, 0.2) is 24.3 Å². The lowest BCUT2D eigenvalue weighted by molar-refractivity contribution is -0.137. The largest absolute Gasteiger partial charge is 0.497 e. The standard InChI is InChI=1S/C16H20N4O4/c1-4-19(10-9-14(21)22)16(23)15-11(2)20(18-17-15)12-5-7-13(24-3)8-6-12/h5-8H,4,9-10H2,1-3H3,(H,21,22). The van der Waals surface area contributed by atoms with Crippen LogP contribution in [0.2, 0.25) is 0 Å². The molecule has 2 rings (SSSR count). The topological polar surface area (TPSA) is 97.5 Å². The molecule has 0 aliphatic heterocycles. The van der Waals surface area contributed by atoms with E-state index in [1.807, 2.05) is 12.1 Å². The maximum Gasteiger partial charge on any atom is 0.305 e. The molecule has 1 heterocycles. The fourth-order valence-corrected chi connectivity index (χ4v) is 2.28. The third-order valence-corrected chi connectivity index (χ3v) is 3.68. The first-order valence-corrected chi connectivity index (χ1v) is 7.55. The van der Waals surface area contributed by atoms with Crippen molar-refractivity contribution in [2.75, 3.05) is 20.2 Å². The summed E-state index contributed by atoms with van der Waals surface area (Å²) in [6.45, 7) is 4.09. The average molecular weight is 332 g/mol. The normalized spacial score (nSPS) is 10.5. The monoisotopic (exact) mass is 332 g/mol. The Balaban J connectivity index is 2.24. The minimum atomic E-state index is -0.945. The number of carboxylic acids is 1. The van der Waals surface area contributed by atoms with Gasteiger partial charge >= 0.3 is 5.97 Å². The number of methoxy groups -OCH3 is 1. The maximum absolute atomic E-state index is 12.6. The zero-order valence-corrected chi connectivity index (χ0v) is 13.9. The third kappa shape index (κ3) is 3.70. The zero-order chi connectivity index (χ0) is 17.7. The molecule has 0 spiro atoms. The molecule has 0 aliphatic rings. The van der Waals surface area contributed by atoms with Crippen LogP contribution in [0.25, 0.3) is 5.69 Å². The van der Waals surface area contributed by atoms with Crippen molar-refractivity contribution in [3.05, 3.63) is 35.7 Å². The van der Waals surface area contributed by atoms with E-state index in [-0.39, 0.29) is 24.6 Å². The molecule has 24 heavy (non-hydrogen) atoms. The number of aliphatic carboxylic acids is 1. The number of carbonyl (C=O) groups is 2. The summed E-state index contributed by atoms with van der Waals surface area (Å²) < 4.78 is 6.68. The summed E-state index contributed by atoms with van der Waals surface area (Å²) in [5.41, 5.74) is 1.57. The van der Waals surface area contributed by atoms with Crippen molar-refractivity contribution >= 4 is 11.9 Å². The Bertz CT molecular complexity index is 724. The number of ether oxygens (including phenoxy) is 1. The van der Waals surface area contributed by atoms with Crippen LogP contribution in [0.1, 0.15) is 29.5 Å². The molecule has 0 atom stereocenters. The molecule has 2 aromatic rings. The van der Waals surface area contributed by atoms with E-state index in [2.05, 4.69) is 10.3 Å². The van der Waals surface area contributed by atoms with E-state index >= 15 is 0 Å². The number of aromatic nitrogens is 3. The van der Waals surface area contributed by atoms with Gasteiger partial charge in [-0.3, -0.25) is 9.59 Å². The summed E-state index contributed by atoms with van der Waals surface area (Å²) in [7, 11) is 1.59. The Labute approximate surface area is 139 Å². The SMILES string of the molecule is CCN(CCC(=O)O)C(=O)c1nnn(-c2ccc(OC)cc2)c1C. The summed E-state index contributed by atoms with van der Waals surface area (Å²) in [6, 6.07) is 7.22. The number of hydrogen-bond acceptors (Lipinski definition) is 5. The van der Waals surface area contributed by atoms with Gasteiger partial charge in [0.25, 0.3) is 5.91 Å². The van der Waals surface area contributed by atoms with Crippen LogP contribution in [-0.2, 0) is 4.79 Å². The van der Waals surface area contributed by atoms with Gasteiger partial charge in [0.05, 0.1) is 24.9 Å². The second-order valence-electron chi connectivity index (χ2n) is 5.16. The molecule has 1 aromatic heterocycles. The Kier molecular flexibility index (Phi) is 5.51. The van der Waals surface area contributed by atoms with E-state index in [9.17, 15) is 9.59 Å². The average Bonchev–Trinajstić information content (AvgIpc) is 2.96. The number of benzene rings is 1. The Morgan fingerprint density at radius 3 is 2.50 bits per heavy atom. The van der Waals surface area contributed by atoms with Gasteiger partial charge in [0, 0.05) is 13.1 Å². The van der Waals surface area contributed by atoms with Crippen molar-refractivity contribution in [3.8, 4) is 11.4 Å². The van der Waals surface area contributed by atoms with Gasteiger partial charge in [-0.1, -0.05) is 5.21 Å². The van der Waals surface area contributed by atoms with Crippen LogP contribution >= 0.6 is 0 Å². The van der Waals surface area contributed by atoms with Crippen LogP contribution in [-0.4, -0.2) is 57.1 Å². The molecule has 128 valence electrons.